The molecule has 0 radical (unpaired) electrons. The number of ether oxygens (including phenoxy) is 2. The maximum absolute atomic E-state index is 13.8. The van der Waals surface area contributed by atoms with E-state index < -0.39 is 11.6 Å². The number of methoxy groups -OCH3 is 2. The molecule has 0 aromatic heterocycles. The summed E-state index contributed by atoms with van der Waals surface area (Å²) in [7, 11) is 3.02. The van der Waals surface area contributed by atoms with E-state index in [4.69, 9.17) is 9.47 Å². The van der Waals surface area contributed by atoms with Gasteiger partial charge in [-0.05, 0) is 57.3 Å². The topological polar surface area (TPSA) is 76.1 Å². The zero-order valence-electron chi connectivity index (χ0n) is 17.5. The highest BCUT2D eigenvalue weighted by atomic mass is 16.5. The van der Waals surface area contributed by atoms with Gasteiger partial charge in [0.05, 0.1) is 30.3 Å². The molecule has 0 amide bonds. The highest BCUT2D eigenvalue weighted by Gasteiger charge is 2.80. The van der Waals surface area contributed by atoms with Crippen molar-refractivity contribution in [3.63, 3.8) is 0 Å². The first-order chi connectivity index (χ1) is 13.9. The lowest BCUT2D eigenvalue weighted by Gasteiger charge is -2.64. The van der Waals surface area contributed by atoms with E-state index in [0.29, 0.717) is 24.4 Å². The van der Waals surface area contributed by atoms with Crippen molar-refractivity contribution in [2.75, 3.05) is 14.2 Å². The van der Waals surface area contributed by atoms with Crippen LogP contribution in [-0.4, -0.2) is 65.3 Å². The summed E-state index contributed by atoms with van der Waals surface area (Å²) in [6.07, 6.45) is 6.45. The van der Waals surface area contributed by atoms with E-state index in [0.717, 1.165) is 44.1 Å². The number of carbonyl (C=O) groups excluding carboxylic acids is 2. The molecule has 6 nitrogen and oxygen atoms in total. The molecule has 6 rings (SSSR count). The average Bonchev–Trinajstić information content (AvgIpc) is 3.11. The predicted octanol–water partition coefficient (Wildman–Crippen LogP) is 1.85. The van der Waals surface area contributed by atoms with Crippen LogP contribution in [0, 0.1) is 23.7 Å². The number of piperidine rings is 2. The van der Waals surface area contributed by atoms with E-state index in [1.807, 2.05) is 0 Å². The van der Waals surface area contributed by atoms with Crippen LogP contribution < -0.4 is 0 Å². The molecule has 5 fully saturated rings. The summed E-state index contributed by atoms with van der Waals surface area (Å²) in [4.78, 5) is 29.5. The predicted molar refractivity (Wildman–Crippen MR) is 104 cm³/mol. The first kappa shape index (κ1) is 18.5. The molecular weight excluding hydrogens is 370 g/mol. The van der Waals surface area contributed by atoms with E-state index in [1.54, 1.807) is 7.11 Å². The number of nitrogens with zero attached hydrogens (tertiary/aromatic N) is 1. The molecule has 1 N–H and O–H groups in total. The van der Waals surface area contributed by atoms with Crippen molar-refractivity contribution in [3.05, 3.63) is 11.1 Å². The summed E-state index contributed by atoms with van der Waals surface area (Å²) in [5, 5.41) is 12.1. The summed E-state index contributed by atoms with van der Waals surface area (Å²) in [5.41, 5.74) is -0.508. The zero-order chi connectivity index (χ0) is 20.3. The molecule has 6 heteroatoms. The summed E-state index contributed by atoms with van der Waals surface area (Å²) in [5.74, 6) is -0.500. The molecule has 5 unspecified atom stereocenters. The van der Waals surface area contributed by atoms with Crippen molar-refractivity contribution in [3.8, 4) is 0 Å². The lowest BCUT2D eigenvalue weighted by Crippen LogP contribution is -2.72. The molecule has 29 heavy (non-hydrogen) atoms. The zero-order valence-corrected chi connectivity index (χ0v) is 17.5. The Morgan fingerprint density at radius 3 is 2.69 bits per heavy atom. The SMILES string of the molecule is COC(=O)C1=C2C3(O)C[C@H]4C[C@@H]5C3CC[C@H](C)N5[C@]24[C@@H]2CCCC(OC)C2C1=O. The second kappa shape index (κ2) is 5.71. The van der Waals surface area contributed by atoms with Crippen LogP contribution >= 0.6 is 0 Å². The van der Waals surface area contributed by atoms with Gasteiger partial charge >= 0.3 is 5.97 Å². The van der Waals surface area contributed by atoms with E-state index in [2.05, 4.69) is 11.8 Å². The fraction of sp³-hybridized carbons (Fsp3) is 0.826. The van der Waals surface area contributed by atoms with E-state index in [1.165, 1.54) is 7.11 Å². The summed E-state index contributed by atoms with van der Waals surface area (Å²) in [6, 6.07) is 0.761. The number of Topliss-reactive ketones (excluding diaryl/α,β-unsaturated/α-hetero) is 1. The maximum Gasteiger partial charge on any atom is 0.341 e. The number of fused-ring (bicyclic) bond motifs is 2. The Balaban J connectivity index is 1.68. The van der Waals surface area contributed by atoms with Crippen LogP contribution in [0.1, 0.15) is 51.9 Å². The number of hydrogen-bond donors (Lipinski definition) is 1. The van der Waals surface area contributed by atoms with Gasteiger partial charge < -0.3 is 14.6 Å². The third-order valence-corrected chi connectivity index (χ3v) is 9.67. The first-order valence-electron chi connectivity index (χ1n) is 11.3. The van der Waals surface area contributed by atoms with Gasteiger partial charge in [0.2, 0.25) is 0 Å². The van der Waals surface area contributed by atoms with Gasteiger partial charge in [0.15, 0.2) is 5.78 Å². The maximum atomic E-state index is 13.8. The third-order valence-electron chi connectivity index (χ3n) is 9.67. The molecule has 0 aromatic carbocycles. The second-order valence-electron chi connectivity index (χ2n) is 10.3. The molecule has 2 saturated carbocycles. The van der Waals surface area contributed by atoms with Crippen LogP contribution in [0.3, 0.4) is 0 Å². The molecule has 158 valence electrons. The molecule has 3 aliphatic heterocycles. The fourth-order valence-electron chi connectivity index (χ4n) is 9.12. The molecule has 3 saturated heterocycles. The Morgan fingerprint density at radius 1 is 1.17 bits per heavy atom. The average molecular weight is 402 g/mol. The van der Waals surface area contributed by atoms with Gasteiger partial charge in [-0.1, -0.05) is 6.42 Å². The summed E-state index contributed by atoms with van der Waals surface area (Å²) >= 11 is 0. The minimum Gasteiger partial charge on any atom is -0.465 e. The molecule has 3 aliphatic carbocycles. The van der Waals surface area contributed by atoms with Crippen molar-refractivity contribution in [2.24, 2.45) is 23.7 Å². The van der Waals surface area contributed by atoms with Crippen molar-refractivity contribution >= 4 is 11.8 Å². The summed E-state index contributed by atoms with van der Waals surface area (Å²) in [6.45, 7) is 2.29. The molecular formula is C23H31NO5. The van der Waals surface area contributed by atoms with Gasteiger partial charge in [-0.3, -0.25) is 9.69 Å². The molecule has 3 heterocycles. The molecule has 5 bridgehead atoms. The van der Waals surface area contributed by atoms with E-state index >= 15 is 0 Å². The third kappa shape index (κ3) is 1.83. The smallest absolute Gasteiger partial charge is 0.341 e. The Bertz CT molecular complexity index is 837. The fourth-order valence-corrected chi connectivity index (χ4v) is 9.12. The van der Waals surface area contributed by atoms with Crippen molar-refractivity contribution in [1.29, 1.82) is 0 Å². The van der Waals surface area contributed by atoms with Gasteiger partial charge in [0.1, 0.15) is 5.57 Å². The molecule has 6 aliphatic rings. The monoisotopic (exact) mass is 401 g/mol. The van der Waals surface area contributed by atoms with Crippen LogP contribution in [0.4, 0.5) is 0 Å². The van der Waals surface area contributed by atoms with Gasteiger partial charge in [0.25, 0.3) is 0 Å². The minimum atomic E-state index is -1.03. The quantitative estimate of drug-likeness (QED) is 0.562. The van der Waals surface area contributed by atoms with Gasteiger partial charge in [0, 0.05) is 30.7 Å². The second-order valence-corrected chi connectivity index (χ2v) is 10.3. The van der Waals surface area contributed by atoms with E-state index in [-0.39, 0.29) is 40.8 Å². The Kier molecular flexibility index (Phi) is 3.65. The first-order valence-corrected chi connectivity index (χ1v) is 11.3. The van der Waals surface area contributed by atoms with Crippen molar-refractivity contribution in [1.82, 2.24) is 4.90 Å². The Labute approximate surface area is 171 Å². The normalized spacial score (nSPS) is 54.4. The molecule has 1 spiro atoms. The minimum absolute atomic E-state index is 0.114. The van der Waals surface area contributed by atoms with Crippen molar-refractivity contribution < 1.29 is 24.2 Å². The van der Waals surface area contributed by atoms with Crippen LogP contribution in [-0.2, 0) is 19.1 Å². The number of ketones is 1. The highest BCUT2D eigenvalue weighted by Crippen LogP contribution is 2.74. The van der Waals surface area contributed by atoms with Gasteiger partial charge in [-0.15, -0.1) is 0 Å². The molecule has 0 aromatic rings. The number of carbonyl (C=O) groups is 2. The van der Waals surface area contributed by atoms with Crippen LogP contribution in [0.2, 0.25) is 0 Å². The van der Waals surface area contributed by atoms with Crippen LogP contribution in [0.15, 0.2) is 11.1 Å². The number of hydrogen-bond acceptors (Lipinski definition) is 6. The van der Waals surface area contributed by atoms with Crippen molar-refractivity contribution in [2.45, 2.75) is 81.2 Å². The lowest BCUT2D eigenvalue weighted by atomic mass is 9.53. The van der Waals surface area contributed by atoms with E-state index in [9.17, 15) is 14.7 Å². The Hall–Kier alpha value is -1.24. The Morgan fingerprint density at radius 2 is 1.97 bits per heavy atom. The largest absolute Gasteiger partial charge is 0.465 e. The summed E-state index contributed by atoms with van der Waals surface area (Å²) < 4.78 is 10.9. The highest BCUT2D eigenvalue weighted by molar-refractivity contribution is 6.20. The lowest BCUT2D eigenvalue weighted by molar-refractivity contribution is -0.159. The van der Waals surface area contributed by atoms with Gasteiger partial charge in [-0.2, -0.15) is 0 Å². The van der Waals surface area contributed by atoms with Gasteiger partial charge in [-0.25, -0.2) is 4.79 Å². The number of rotatable bonds is 2. The number of esters is 1. The standard InChI is InChI=1S/C23H31NO5/c1-11-7-8-13-15-9-12-10-22(13,27)20-18(21(26)29-3)19(25)17-14(23(12,20)24(11)15)5-4-6-16(17)28-2/h11-17,27H,4-10H2,1-3H3/t11-,12+,13?,14+,15+,16?,17?,22?,23+/m0/s1. The number of aliphatic hydroxyl groups is 1. The van der Waals surface area contributed by atoms with Crippen LogP contribution in [0.25, 0.3) is 0 Å². The van der Waals surface area contributed by atoms with Crippen LogP contribution in [0.5, 0.6) is 0 Å². The molecule has 10 atom stereocenters.